The van der Waals surface area contributed by atoms with Gasteiger partial charge in [-0.15, -0.1) is 0 Å². The first-order valence-electron chi connectivity index (χ1n) is 9.86. The number of fused-ring (bicyclic) bond motifs is 1. The van der Waals surface area contributed by atoms with E-state index in [1.54, 1.807) is 25.3 Å². The number of halogens is 1. The van der Waals surface area contributed by atoms with Crippen molar-refractivity contribution in [3.8, 4) is 5.75 Å². The number of amides is 1. The molecule has 152 valence electrons. The first-order valence-corrected chi connectivity index (χ1v) is 9.86. The summed E-state index contributed by atoms with van der Waals surface area (Å²) in [5, 5.41) is 4.10. The first kappa shape index (κ1) is 19.7. The maximum atomic E-state index is 13.9. The molecule has 1 amide bonds. The molecule has 1 unspecified atom stereocenters. The van der Waals surface area contributed by atoms with Gasteiger partial charge < -0.3 is 15.0 Å². The zero-order valence-electron chi connectivity index (χ0n) is 16.7. The summed E-state index contributed by atoms with van der Waals surface area (Å²) >= 11 is 0. The number of H-pyrrole nitrogens is 1. The van der Waals surface area contributed by atoms with Gasteiger partial charge in [0.2, 0.25) is 5.91 Å². The number of rotatable bonds is 7. The molecule has 4 rings (SSSR count). The molecule has 2 N–H and O–H groups in total. The second kappa shape index (κ2) is 8.82. The predicted octanol–water partition coefficient (Wildman–Crippen LogP) is 4.81. The molecule has 1 atom stereocenters. The molecular formula is C25H23FN2O2. The molecule has 3 aromatic carbocycles. The number of ether oxygens (including phenoxy) is 1. The number of hydrogen-bond acceptors (Lipinski definition) is 2. The van der Waals surface area contributed by atoms with Crippen LogP contribution in [-0.2, 0) is 11.2 Å². The fourth-order valence-corrected chi connectivity index (χ4v) is 3.72. The summed E-state index contributed by atoms with van der Waals surface area (Å²) in [6.07, 6.45) is 2.00. The molecule has 0 aliphatic heterocycles. The summed E-state index contributed by atoms with van der Waals surface area (Å²) in [6.45, 7) is 0.404. The average Bonchev–Trinajstić information content (AvgIpc) is 3.20. The Balaban J connectivity index is 1.59. The van der Waals surface area contributed by atoms with Gasteiger partial charge in [0, 0.05) is 29.6 Å². The van der Waals surface area contributed by atoms with Crippen LogP contribution in [0.2, 0.25) is 0 Å². The van der Waals surface area contributed by atoms with Crippen LogP contribution in [0.5, 0.6) is 5.75 Å². The largest absolute Gasteiger partial charge is 0.497 e. The maximum absolute atomic E-state index is 13.9. The van der Waals surface area contributed by atoms with E-state index in [1.165, 1.54) is 6.07 Å². The molecule has 30 heavy (non-hydrogen) atoms. The Morgan fingerprint density at radius 2 is 1.77 bits per heavy atom. The van der Waals surface area contributed by atoms with E-state index in [1.807, 2.05) is 48.7 Å². The molecule has 0 fully saturated rings. The molecule has 4 aromatic rings. The molecule has 0 saturated heterocycles. The molecule has 5 heteroatoms. The lowest BCUT2D eigenvalue weighted by Gasteiger charge is -2.19. The molecular weight excluding hydrogens is 379 g/mol. The van der Waals surface area contributed by atoms with Gasteiger partial charge >= 0.3 is 0 Å². The van der Waals surface area contributed by atoms with Crippen molar-refractivity contribution in [2.24, 2.45) is 0 Å². The molecule has 1 aromatic heterocycles. The number of carbonyl (C=O) groups excluding carboxylic acids is 1. The van der Waals surface area contributed by atoms with Crippen molar-refractivity contribution in [2.45, 2.75) is 12.3 Å². The lowest BCUT2D eigenvalue weighted by Crippen LogP contribution is -2.30. The molecule has 0 saturated carbocycles. The average molecular weight is 402 g/mol. The summed E-state index contributed by atoms with van der Waals surface area (Å²) in [6, 6.07) is 22.3. The third-order valence-electron chi connectivity index (χ3n) is 5.33. The van der Waals surface area contributed by atoms with Gasteiger partial charge in [0.05, 0.1) is 13.5 Å². The minimum Gasteiger partial charge on any atom is -0.497 e. The minimum absolute atomic E-state index is 0.00981. The molecule has 4 nitrogen and oxygen atoms in total. The number of carbonyl (C=O) groups is 1. The van der Waals surface area contributed by atoms with Crippen LogP contribution < -0.4 is 10.1 Å². The molecule has 1 heterocycles. The van der Waals surface area contributed by atoms with Crippen molar-refractivity contribution < 1.29 is 13.9 Å². The number of methoxy groups -OCH3 is 1. The van der Waals surface area contributed by atoms with Crippen LogP contribution in [0.4, 0.5) is 4.39 Å². The third kappa shape index (κ3) is 4.20. The van der Waals surface area contributed by atoms with E-state index in [4.69, 9.17) is 4.74 Å². The van der Waals surface area contributed by atoms with Crippen LogP contribution >= 0.6 is 0 Å². The smallest absolute Gasteiger partial charge is 0.224 e. The lowest BCUT2D eigenvalue weighted by molar-refractivity contribution is -0.120. The van der Waals surface area contributed by atoms with Crippen LogP contribution in [-0.4, -0.2) is 24.5 Å². The van der Waals surface area contributed by atoms with E-state index in [-0.39, 0.29) is 24.1 Å². The first-order chi connectivity index (χ1) is 14.7. The minimum atomic E-state index is -0.365. The fourth-order valence-electron chi connectivity index (χ4n) is 3.72. The number of nitrogens with one attached hydrogen (secondary N) is 2. The Morgan fingerprint density at radius 1 is 1.03 bits per heavy atom. The molecule has 0 aliphatic rings. The highest BCUT2D eigenvalue weighted by Gasteiger charge is 2.19. The molecule has 0 spiro atoms. The van der Waals surface area contributed by atoms with Crippen LogP contribution in [0.1, 0.15) is 22.6 Å². The second-order valence-electron chi connectivity index (χ2n) is 7.19. The van der Waals surface area contributed by atoms with Crippen molar-refractivity contribution >= 4 is 16.8 Å². The fraction of sp³-hybridized carbons (Fsp3) is 0.160. The number of para-hydroxylation sites is 1. The van der Waals surface area contributed by atoms with E-state index in [0.29, 0.717) is 12.1 Å². The van der Waals surface area contributed by atoms with Gasteiger partial charge in [-0.2, -0.15) is 0 Å². The van der Waals surface area contributed by atoms with Gasteiger partial charge in [-0.1, -0.05) is 48.5 Å². The highest BCUT2D eigenvalue weighted by molar-refractivity contribution is 5.84. The van der Waals surface area contributed by atoms with Crippen LogP contribution in [0.25, 0.3) is 10.9 Å². The van der Waals surface area contributed by atoms with Crippen molar-refractivity contribution in [3.63, 3.8) is 0 Å². The van der Waals surface area contributed by atoms with Gasteiger partial charge in [-0.3, -0.25) is 4.79 Å². The Labute approximate surface area is 174 Å². The zero-order chi connectivity index (χ0) is 20.9. The number of benzene rings is 3. The molecule has 0 aliphatic carbocycles. The summed E-state index contributed by atoms with van der Waals surface area (Å²) in [5.74, 6) is 0.145. The summed E-state index contributed by atoms with van der Waals surface area (Å²) in [7, 11) is 1.63. The normalized spacial score (nSPS) is 11.9. The monoisotopic (exact) mass is 402 g/mol. The quantitative estimate of drug-likeness (QED) is 0.466. The predicted molar refractivity (Wildman–Crippen MR) is 116 cm³/mol. The summed E-state index contributed by atoms with van der Waals surface area (Å²) in [5.41, 5.74) is 3.60. The molecule has 0 bridgehead atoms. The summed E-state index contributed by atoms with van der Waals surface area (Å²) in [4.78, 5) is 15.8. The van der Waals surface area contributed by atoms with Gasteiger partial charge in [0.15, 0.2) is 0 Å². The van der Waals surface area contributed by atoms with Crippen molar-refractivity contribution in [1.29, 1.82) is 0 Å². The van der Waals surface area contributed by atoms with Gasteiger partial charge in [0.25, 0.3) is 0 Å². The third-order valence-corrected chi connectivity index (χ3v) is 5.33. The van der Waals surface area contributed by atoms with Crippen LogP contribution in [0.15, 0.2) is 79.0 Å². The Bertz CT molecular complexity index is 1150. The summed E-state index contributed by atoms with van der Waals surface area (Å²) < 4.78 is 19.2. The van der Waals surface area contributed by atoms with E-state index in [9.17, 15) is 9.18 Å². The van der Waals surface area contributed by atoms with Crippen molar-refractivity contribution in [3.05, 3.63) is 102 Å². The van der Waals surface area contributed by atoms with E-state index in [2.05, 4.69) is 16.4 Å². The lowest BCUT2D eigenvalue weighted by atomic mass is 9.90. The highest BCUT2D eigenvalue weighted by Crippen LogP contribution is 2.31. The maximum Gasteiger partial charge on any atom is 0.224 e. The Morgan fingerprint density at radius 3 is 2.53 bits per heavy atom. The SMILES string of the molecule is COc1ccc(C(CNC(=O)Cc2ccccc2F)c2c[nH]c3ccccc23)cc1. The standard InChI is InChI=1S/C25H23FN2O2/c1-30-19-12-10-17(11-13-19)21(22-16-27-24-9-5-3-7-20(22)24)15-28-25(29)14-18-6-2-4-8-23(18)26/h2-13,16,21,27H,14-15H2,1H3,(H,28,29). The van der Waals surface area contributed by atoms with Crippen LogP contribution in [0, 0.1) is 5.82 Å². The topological polar surface area (TPSA) is 54.1 Å². The van der Waals surface area contributed by atoms with Crippen molar-refractivity contribution in [1.82, 2.24) is 10.3 Å². The number of aromatic nitrogens is 1. The van der Waals surface area contributed by atoms with Gasteiger partial charge in [-0.25, -0.2) is 4.39 Å². The van der Waals surface area contributed by atoms with E-state index in [0.717, 1.165) is 27.8 Å². The molecule has 0 radical (unpaired) electrons. The number of hydrogen-bond donors (Lipinski definition) is 2. The van der Waals surface area contributed by atoms with Crippen LogP contribution in [0.3, 0.4) is 0 Å². The highest BCUT2D eigenvalue weighted by atomic mass is 19.1. The zero-order valence-corrected chi connectivity index (χ0v) is 16.7. The Kier molecular flexibility index (Phi) is 5.80. The van der Waals surface area contributed by atoms with Gasteiger partial charge in [-0.05, 0) is 41.0 Å². The second-order valence-corrected chi connectivity index (χ2v) is 7.19. The number of aromatic amines is 1. The van der Waals surface area contributed by atoms with E-state index < -0.39 is 0 Å². The Hall–Kier alpha value is -3.60. The van der Waals surface area contributed by atoms with Gasteiger partial charge in [0.1, 0.15) is 11.6 Å². The van der Waals surface area contributed by atoms with Crippen molar-refractivity contribution in [2.75, 3.05) is 13.7 Å². The van der Waals surface area contributed by atoms with E-state index >= 15 is 0 Å².